The third kappa shape index (κ3) is 7.20. The smallest absolute Gasteiger partial charge is 0.301 e. The number of carbonyl (C=O) groups excluding carboxylic acids is 2. The number of nitriles is 1. The Bertz CT molecular complexity index is 2180. The number of rotatable bonds is 9. The first-order valence-electron chi connectivity index (χ1n) is 16.3. The van der Waals surface area contributed by atoms with Gasteiger partial charge in [0.25, 0.3) is 5.91 Å². The van der Waals surface area contributed by atoms with Crippen molar-refractivity contribution < 1.29 is 14.0 Å². The highest BCUT2D eigenvalue weighted by Gasteiger charge is 2.29. The number of carbonyl (C=O) groups is 2. The van der Waals surface area contributed by atoms with Crippen LogP contribution in [0.15, 0.2) is 111 Å². The molecule has 246 valence electrons. The molecule has 4 aromatic carbocycles. The van der Waals surface area contributed by atoms with Crippen LogP contribution in [0.4, 0.5) is 11.4 Å². The first kappa shape index (κ1) is 32.8. The summed E-state index contributed by atoms with van der Waals surface area (Å²) in [6.45, 7) is 4.83. The molecule has 1 aliphatic rings. The number of furan rings is 1. The van der Waals surface area contributed by atoms with Crippen LogP contribution in [0.25, 0.3) is 21.9 Å². The zero-order chi connectivity index (χ0) is 33.9. The van der Waals surface area contributed by atoms with Gasteiger partial charge in [-0.25, -0.2) is 4.90 Å². The summed E-state index contributed by atoms with van der Waals surface area (Å²) in [4.78, 5) is 37.0. The van der Waals surface area contributed by atoms with E-state index in [-0.39, 0.29) is 5.76 Å². The van der Waals surface area contributed by atoms with Gasteiger partial charge in [-0.05, 0) is 122 Å². The highest BCUT2D eigenvalue weighted by Crippen LogP contribution is 2.29. The molecule has 2 aromatic heterocycles. The molecule has 0 atom stereocenters. The number of nitrogens with zero attached hydrogens (tertiary/aromatic N) is 4. The second-order valence-corrected chi connectivity index (χ2v) is 14.1. The lowest BCUT2D eigenvalue weighted by Crippen LogP contribution is -2.46. The van der Waals surface area contributed by atoms with Crippen LogP contribution >= 0.6 is 31.9 Å². The zero-order valence-electron chi connectivity index (χ0n) is 26.7. The number of aromatic amines is 1. The van der Waals surface area contributed by atoms with E-state index >= 15 is 0 Å². The number of hydrogen-bond donors (Lipinski definition) is 1. The normalized spacial score (nSPS) is 13.5. The summed E-state index contributed by atoms with van der Waals surface area (Å²) in [5, 5.41) is 11.2. The van der Waals surface area contributed by atoms with Gasteiger partial charge in [-0.3, -0.25) is 14.5 Å². The topological polar surface area (TPSA) is 96.6 Å². The van der Waals surface area contributed by atoms with Gasteiger partial charge in [0, 0.05) is 68.9 Å². The van der Waals surface area contributed by atoms with Gasteiger partial charge in [0.2, 0.25) is 0 Å². The highest BCUT2D eigenvalue weighted by molar-refractivity contribution is 9.10. The molecule has 0 unspecified atom stereocenters. The number of nitrogens with one attached hydrogen (secondary N) is 1. The number of aryl methyl sites for hydroxylation is 1. The standard InChI is InChI=1S/C39H33Br2N5O3/c40-30-7-5-27(6-8-30)38(47)46(32-11-9-31(41)10-12-32)39(48)37-23-29-22-33(13-15-36(29)49-37)45-19-17-44(18-20-45)16-2-1-3-28-25-43-35-14-4-26(24-42)21-34(28)35/h4-15,21-23,25,43H,1-3,16-20H2. The fourth-order valence-corrected chi connectivity index (χ4v) is 6.95. The molecule has 0 aliphatic carbocycles. The van der Waals surface area contributed by atoms with E-state index in [1.54, 1.807) is 54.6 Å². The first-order valence-corrected chi connectivity index (χ1v) is 17.9. The van der Waals surface area contributed by atoms with Crippen LogP contribution in [0, 0.1) is 11.3 Å². The van der Waals surface area contributed by atoms with E-state index in [9.17, 15) is 14.9 Å². The molecule has 1 aliphatic heterocycles. The number of unbranched alkanes of at least 4 members (excludes halogenated alkanes) is 1. The second-order valence-electron chi connectivity index (χ2n) is 12.2. The van der Waals surface area contributed by atoms with Gasteiger partial charge in [-0.2, -0.15) is 5.26 Å². The van der Waals surface area contributed by atoms with Gasteiger partial charge >= 0.3 is 5.91 Å². The number of imide groups is 1. The molecule has 0 spiro atoms. The highest BCUT2D eigenvalue weighted by atomic mass is 79.9. The molecule has 1 N–H and O–H groups in total. The van der Waals surface area contributed by atoms with Crippen LogP contribution in [0.2, 0.25) is 0 Å². The van der Waals surface area contributed by atoms with E-state index in [2.05, 4.69) is 65.0 Å². The maximum absolute atomic E-state index is 13.9. The minimum atomic E-state index is -0.529. The van der Waals surface area contributed by atoms with E-state index in [1.807, 2.05) is 30.3 Å². The lowest BCUT2D eigenvalue weighted by molar-refractivity contribution is 0.0882. The summed E-state index contributed by atoms with van der Waals surface area (Å²) >= 11 is 6.85. The Morgan fingerprint density at radius 3 is 2.31 bits per heavy atom. The third-order valence-corrected chi connectivity index (χ3v) is 10.2. The maximum atomic E-state index is 13.9. The minimum Gasteiger partial charge on any atom is -0.451 e. The fourth-order valence-electron chi connectivity index (χ4n) is 6.42. The summed E-state index contributed by atoms with van der Waals surface area (Å²) in [5.74, 6) is -0.868. The average molecular weight is 780 g/mol. The Kier molecular flexibility index (Phi) is 9.67. The number of aromatic nitrogens is 1. The van der Waals surface area contributed by atoms with Crippen molar-refractivity contribution in [3.63, 3.8) is 0 Å². The quantitative estimate of drug-likeness (QED) is 0.116. The average Bonchev–Trinajstić information content (AvgIpc) is 3.75. The predicted molar refractivity (Wildman–Crippen MR) is 200 cm³/mol. The molecule has 6 aromatic rings. The molecule has 7 rings (SSSR count). The van der Waals surface area contributed by atoms with E-state index in [0.29, 0.717) is 22.4 Å². The number of piperazine rings is 1. The molecular formula is C39H33Br2N5O3. The van der Waals surface area contributed by atoms with Crippen molar-refractivity contribution in [2.24, 2.45) is 0 Å². The largest absolute Gasteiger partial charge is 0.451 e. The van der Waals surface area contributed by atoms with Gasteiger partial charge in [-0.1, -0.05) is 31.9 Å². The Morgan fingerprint density at radius 2 is 1.57 bits per heavy atom. The summed E-state index contributed by atoms with van der Waals surface area (Å²) in [5.41, 5.74) is 5.56. The number of amides is 2. The van der Waals surface area contributed by atoms with Gasteiger partial charge < -0.3 is 14.3 Å². The monoisotopic (exact) mass is 777 g/mol. The lowest BCUT2D eigenvalue weighted by atomic mass is 10.1. The van der Waals surface area contributed by atoms with Gasteiger partial charge in [0.05, 0.1) is 17.3 Å². The Balaban J connectivity index is 0.983. The van der Waals surface area contributed by atoms with Gasteiger partial charge in [0.1, 0.15) is 5.58 Å². The van der Waals surface area contributed by atoms with E-state index < -0.39 is 11.8 Å². The summed E-state index contributed by atoms with van der Waals surface area (Å²) in [6, 6.07) is 29.8. The predicted octanol–water partition coefficient (Wildman–Crippen LogP) is 8.94. The van der Waals surface area contributed by atoms with Crippen LogP contribution < -0.4 is 9.80 Å². The molecule has 0 saturated carbocycles. The minimum absolute atomic E-state index is 0.100. The van der Waals surface area contributed by atoms with Crippen LogP contribution in [0.1, 0.15) is 44.9 Å². The molecule has 1 saturated heterocycles. The molecule has 3 heterocycles. The second kappa shape index (κ2) is 14.4. The van der Waals surface area contributed by atoms with Crippen molar-refractivity contribution >= 4 is 76.9 Å². The van der Waals surface area contributed by atoms with Crippen LogP contribution in [0.3, 0.4) is 0 Å². The Morgan fingerprint density at radius 1 is 0.837 bits per heavy atom. The molecule has 0 radical (unpaired) electrons. The summed E-state index contributed by atoms with van der Waals surface area (Å²) < 4.78 is 7.72. The third-order valence-electron chi connectivity index (χ3n) is 9.10. The van der Waals surface area contributed by atoms with Crippen molar-refractivity contribution in [1.82, 2.24) is 9.88 Å². The van der Waals surface area contributed by atoms with Crippen LogP contribution in [-0.2, 0) is 6.42 Å². The Labute approximate surface area is 301 Å². The zero-order valence-corrected chi connectivity index (χ0v) is 29.8. The number of fused-ring (bicyclic) bond motifs is 2. The summed E-state index contributed by atoms with van der Waals surface area (Å²) in [6.07, 6.45) is 5.27. The lowest BCUT2D eigenvalue weighted by Gasteiger charge is -2.36. The fraction of sp³-hybridized carbons (Fsp3) is 0.205. The van der Waals surface area contributed by atoms with Crippen molar-refractivity contribution in [3.8, 4) is 6.07 Å². The van der Waals surface area contributed by atoms with Gasteiger partial charge in [0.15, 0.2) is 5.76 Å². The number of hydrogen-bond acceptors (Lipinski definition) is 6. The van der Waals surface area contributed by atoms with Crippen LogP contribution in [0.5, 0.6) is 0 Å². The first-order chi connectivity index (χ1) is 23.9. The molecular weight excluding hydrogens is 746 g/mol. The SMILES string of the molecule is N#Cc1ccc2[nH]cc(CCCCN3CCN(c4ccc5oc(C(=O)N(C(=O)c6ccc(Br)cc6)c6ccc(Br)cc6)cc5c4)CC3)c2c1. The molecule has 0 bridgehead atoms. The van der Waals surface area contributed by atoms with Crippen molar-refractivity contribution in [3.05, 3.63) is 129 Å². The number of halogens is 2. The summed E-state index contributed by atoms with van der Waals surface area (Å²) in [7, 11) is 0. The van der Waals surface area contributed by atoms with E-state index in [0.717, 1.165) is 82.9 Å². The van der Waals surface area contributed by atoms with E-state index in [1.165, 1.54) is 10.5 Å². The number of benzene rings is 4. The molecule has 1 fully saturated rings. The van der Waals surface area contributed by atoms with Gasteiger partial charge in [-0.15, -0.1) is 0 Å². The van der Waals surface area contributed by atoms with E-state index in [4.69, 9.17) is 4.42 Å². The van der Waals surface area contributed by atoms with Crippen molar-refractivity contribution in [2.45, 2.75) is 19.3 Å². The number of H-pyrrole nitrogens is 1. The molecule has 8 nitrogen and oxygen atoms in total. The molecule has 10 heteroatoms. The van der Waals surface area contributed by atoms with Crippen molar-refractivity contribution in [1.29, 1.82) is 5.26 Å². The Hall–Kier alpha value is -4.69. The van der Waals surface area contributed by atoms with Crippen molar-refractivity contribution in [2.75, 3.05) is 42.5 Å². The molecule has 2 amide bonds. The number of anilines is 2. The van der Waals surface area contributed by atoms with Crippen LogP contribution in [-0.4, -0.2) is 54.4 Å². The maximum Gasteiger partial charge on any atom is 0.301 e. The molecule has 49 heavy (non-hydrogen) atoms.